The third-order valence-corrected chi connectivity index (χ3v) is 8.81. The number of anilines is 3. The Hall–Kier alpha value is -6.82. The minimum absolute atomic E-state index is 0.0325. The molecule has 2 aromatic heterocycles. The first-order valence-corrected chi connectivity index (χ1v) is 16.6. The van der Waals surface area contributed by atoms with Gasteiger partial charge in [0, 0.05) is 52.7 Å². The molecule has 1 aliphatic heterocycles. The predicted molar refractivity (Wildman–Crippen MR) is 191 cm³/mol. The highest BCUT2D eigenvalue weighted by Gasteiger charge is 2.28. The fourth-order valence-electron chi connectivity index (χ4n) is 5.78. The molecule has 0 bridgehead atoms. The molecule has 18 nitrogen and oxygen atoms in total. The molecule has 0 saturated carbocycles. The highest BCUT2D eigenvalue weighted by Crippen LogP contribution is 2.25. The first-order chi connectivity index (χ1) is 25.4. The maximum absolute atomic E-state index is 13.7. The molecule has 1 atom stereocenters. The molecule has 1 fully saturated rings. The minimum Gasteiger partial charge on any atom is -0.477 e. The number of nitrogens with two attached hydrogens (primary N) is 1. The molecule has 0 radical (unpaired) electrons. The van der Waals surface area contributed by atoms with Crippen LogP contribution >= 0.6 is 11.6 Å². The lowest BCUT2D eigenvalue weighted by atomic mass is 9.96. The van der Waals surface area contributed by atoms with Crippen molar-refractivity contribution in [3.63, 3.8) is 0 Å². The zero-order chi connectivity index (χ0) is 37.6. The van der Waals surface area contributed by atoms with E-state index in [-0.39, 0.29) is 40.7 Å². The summed E-state index contributed by atoms with van der Waals surface area (Å²) in [6, 6.07) is 15.6. The number of carbonyl (C=O) groups excluding carboxylic acids is 5. The second kappa shape index (κ2) is 15.6. The topological polar surface area (TPSA) is 259 Å². The van der Waals surface area contributed by atoms with Crippen LogP contribution in [0.15, 0.2) is 73.1 Å². The summed E-state index contributed by atoms with van der Waals surface area (Å²) in [4.78, 5) is 80.2. The quantitative estimate of drug-likeness (QED) is 0.103. The molecule has 0 aliphatic carbocycles. The zero-order valence-corrected chi connectivity index (χ0v) is 28.5. The number of likely N-dealkylation sites (tertiary alicyclic amines) is 1. The predicted octanol–water partition coefficient (Wildman–Crippen LogP) is 2.53. The number of tetrazole rings is 1. The molecule has 53 heavy (non-hydrogen) atoms. The fourth-order valence-corrected chi connectivity index (χ4v) is 5.95. The molecule has 8 N–H and O–H groups in total. The van der Waals surface area contributed by atoms with Crippen molar-refractivity contribution in [3.8, 4) is 5.69 Å². The van der Waals surface area contributed by atoms with Crippen LogP contribution in [0.25, 0.3) is 16.6 Å². The Morgan fingerprint density at radius 1 is 0.906 bits per heavy atom. The maximum Gasteiger partial charge on any atom is 0.352 e. The van der Waals surface area contributed by atoms with Crippen LogP contribution in [0.4, 0.5) is 21.9 Å². The number of H-pyrrole nitrogens is 1. The van der Waals surface area contributed by atoms with Gasteiger partial charge in [-0.2, -0.15) is 4.68 Å². The van der Waals surface area contributed by atoms with Crippen LogP contribution in [0.2, 0.25) is 5.02 Å². The largest absolute Gasteiger partial charge is 0.477 e. The SMILES string of the molecule is NC(=O)C1CCN(C(=O)Nc2ccc(C[C@H](NC(=O)C(=O)Nc3cc(Cl)ccc3-n3cnnn3)C(=O)Nc3ccc4[nH]c(C(=O)O)cc4c3)cc2)CC1. The van der Waals surface area contributed by atoms with Crippen LogP contribution in [0, 0.1) is 5.92 Å². The van der Waals surface area contributed by atoms with E-state index < -0.39 is 29.7 Å². The Balaban J connectivity index is 1.17. The van der Waals surface area contributed by atoms with Crippen molar-refractivity contribution in [1.29, 1.82) is 0 Å². The summed E-state index contributed by atoms with van der Waals surface area (Å²) in [5.74, 6) is -4.70. The monoisotopic (exact) mass is 741 g/mol. The van der Waals surface area contributed by atoms with Gasteiger partial charge in [-0.1, -0.05) is 23.7 Å². The summed E-state index contributed by atoms with van der Waals surface area (Å²) in [6.07, 6.45) is 2.19. The molecule has 6 amide bonds. The number of amides is 6. The number of nitrogens with one attached hydrogen (secondary N) is 5. The number of nitrogens with zero attached hydrogens (tertiary/aromatic N) is 5. The van der Waals surface area contributed by atoms with Gasteiger partial charge in [-0.25, -0.2) is 9.59 Å². The average Bonchev–Trinajstić information content (AvgIpc) is 3.83. The number of fused-ring (bicyclic) bond motifs is 1. The van der Waals surface area contributed by atoms with E-state index >= 15 is 0 Å². The first kappa shape index (κ1) is 36.0. The Bertz CT molecular complexity index is 2200. The summed E-state index contributed by atoms with van der Waals surface area (Å²) in [6.45, 7) is 0.769. The normalized spacial score (nSPS) is 13.6. The number of halogens is 1. The number of hydrogen-bond acceptors (Lipinski definition) is 9. The van der Waals surface area contributed by atoms with Crippen molar-refractivity contribution in [3.05, 3.63) is 89.3 Å². The summed E-state index contributed by atoms with van der Waals surface area (Å²) in [7, 11) is 0. The number of rotatable bonds is 10. The van der Waals surface area contributed by atoms with Crippen molar-refractivity contribution in [2.45, 2.75) is 25.3 Å². The molecule has 5 aromatic rings. The molecule has 6 rings (SSSR count). The molecule has 19 heteroatoms. The van der Waals surface area contributed by atoms with Gasteiger partial charge in [-0.15, -0.1) is 5.10 Å². The van der Waals surface area contributed by atoms with Crippen molar-refractivity contribution >= 4 is 75.2 Å². The first-order valence-electron chi connectivity index (χ1n) is 16.2. The molecule has 272 valence electrons. The minimum atomic E-state index is -1.28. The number of carbonyl (C=O) groups is 6. The molecule has 1 aliphatic rings. The van der Waals surface area contributed by atoms with Crippen molar-refractivity contribution in [1.82, 2.24) is 35.4 Å². The zero-order valence-electron chi connectivity index (χ0n) is 27.7. The number of hydrogen-bond donors (Lipinski definition) is 7. The highest BCUT2D eigenvalue weighted by molar-refractivity contribution is 6.40. The van der Waals surface area contributed by atoms with Crippen LogP contribution < -0.4 is 27.0 Å². The third kappa shape index (κ3) is 8.74. The number of aromatic amines is 1. The molecule has 0 unspecified atom stereocenters. The Morgan fingerprint density at radius 2 is 1.64 bits per heavy atom. The fraction of sp³-hybridized carbons (Fsp3) is 0.206. The lowest BCUT2D eigenvalue weighted by molar-refractivity contribution is -0.137. The third-order valence-electron chi connectivity index (χ3n) is 8.58. The lowest BCUT2D eigenvalue weighted by Crippen LogP contribution is -2.49. The summed E-state index contributed by atoms with van der Waals surface area (Å²) >= 11 is 6.14. The van der Waals surface area contributed by atoms with Crippen LogP contribution in [-0.2, 0) is 25.6 Å². The van der Waals surface area contributed by atoms with Gasteiger partial charge >= 0.3 is 23.8 Å². The van der Waals surface area contributed by atoms with Crippen molar-refractivity contribution in [2.75, 3.05) is 29.0 Å². The smallest absolute Gasteiger partial charge is 0.352 e. The Kier molecular flexibility index (Phi) is 10.6. The van der Waals surface area contributed by atoms with Gasteiger partial charge in [0.25, 0.3) is 0 Å². The Morgan fingerprint density at radius 3 is 2.32 bits per heavy atom. The molecular formula is C34H32ClN11O7. The summed E-state index contributed by atoms with van der Waals surface area (Å²) in [5.41, 5.74) is 7.70. The number of carboxylic acid groups (broad SMARTS) is 1. The number of urea groups is 1. The average molecular weight is 742 g/mol. The molecule has 1 saturated heterocycles. The van der Waals surface area contributed by atoms with Gasteiger partial charge in [-0.05, 0) is 83.4 Å². The molecular weight excluding hydrogens is 710 g/mol. The van der Waals surface area contributed by atoms with Crippen molar-refractivity contribution in [2.24, 2.45) is 11.7 Å². The van der Waals surface area contributed by atoms with E-state index in [0.29, 0.717) is 59.5 Å². The van der Waals surface area contributed by atoms with Crippen LogP contribution in [0.3, 0.4) is 0 Å². The second-order valence-corrected chi connectivity index (χ2v) is 12.6. The molecule has 3 heterocycles. The van der Waals surface area contributed by atoms with E-state index in [2.05, 4.69) is 41.8 Å². The van der Waals surface area contributed by atoms with Gasteiger partial charge in [-0.3, -0.25) is 19.2 Å². The summed E-state index contributed by atoms with van der Waals surface area (Å²) in [5, 5.41) is 31.6. The highest BCUT2D eigenvalue weighted by atomic mass is 35.5. The number of aromatic nitrogens is 5. The number of carboxylic acids is 1. The van der Waals surface area contributed by atoms with E-state index in [4.69, 9.17) is 17.3 Å². The molecule has 3 aromatic carbocycles. The second-order valence-electron chi connectivity index (χ2n) is 12.2. The van der Waals surface area contributed by atoms with Gasteiger partial charge in [0.05, 0.1) is 11.4 Å². The van der Waals surface area contributed by atoms with Gasteiger partial charge in [0.2, 0.25) is 11.8 Å². The number of primary amides is 1. The number of benzene rings is 3. The van der Waals surface area contributed by atoms with E-state index in [0.717, 1.165) is 0 Å². The lowest BCUT2D eigenvalue weighted by Gasteiger charge is -2.30. The number of aromatic carboxylic acids is 1. The summed E-state index contributed by atoms with van der Waals surface area (Å²) < 4.78 is 1.26. The standard InChI is InChI=1S/C34H32ClN11O7/c35-21-3-8-28(46-17-37-43-44-46)25(16-21)41-31(49)32(50)42-26(30(48)38-23-6-7-24-20(14-23)15-27(40-24)33(51)52)13-18-1-4-22(5-2-18)39-34(53)45-11-9-19(10-12-45)29(36)47/h1-8,14-17,19,26,40H,9-13H2,(H2,36,47)(H,38,48)(H,39,53)(H,41,49)(H,42,50)(H,51,52)/t26-/m0/s1. The van der Waals surface area contributed by atoms with Gasteiger partial charge in [0.1, 0.15) is 18.1 Å². The van der Waals surface area contributed by atoms with E-state index in [1.807, 2.05) is 0 Å². The Labute approximate surface area is 305 Å². The van der Waals surface area contributed by atoms with Crippen molar-refractivity contribution < 1.29 is 33.9 Å². The van der Waals surface area contributed by atoms with Gasteiger partial charge in [0.15, 0.2) is 0 Å². The maximum atomic E-state index is 13.7. The van der Waals surface area contributed by atoms with Crippen LogP contribution in [0.5, 0.6) is 0 Å². The van der Waals surface area contributed by atoms with Crippen LogP contribution in [0.1, 0.15) is 28.9 Å². The van der Waals surface area contributed by atoms with E-state index in [9.17, 15) is 33.9 Å². The van der Waals surface area contributed by atoms with Gasteiger partial charge < -0.3 is 42.0 Å². The molecule has 0 spiro atoms. The van der Waals surface area contributed by atoms with E-state index in [1.165, 1.54) is 23.1 Å². The number of piperidine rings is 1. The van der Waals surface area contributed by atoms with Crippen LogP contribution in [-0.4, -0.2) is 90.0 Å². The van der Waals surface area contributed by atoms with E-state index in [1.54, 1.807) is 59.5 Å².